The van der Waals surface area contributed by atoms with Gasteiger partial charge < -0.3 is 4.90 Å². The van der Waals surface area contributed by atoms with Crippen molar-refractivity contribution >= 4 is 15.7 Å². The smallest absolute Gasteiger partial charge is 0.226 e. The number of nitrogens with zero attached hydrogens (tertiary/aromatic N) is 2. The van der Waals surface area contributed by atoms with Gasteiger partial charge in [-0.25, -0.2) is 12.8 Å². The molecule has 2 heterocycles. The van der Waals surface area contributed by atoms with Crippen LogP contribution in [0.3, 0.4) is 0 Å². The lowest BCUT2D eigenvalue weighted by atomic mass is 10.0. The van der Waals surface area contributed by atoms with E-state index in [9.17, 15) is 17.6 Å². The summed E-state index contributed by atoms with van der Waals surface area (Å²) in [6, 6.07) is 5.96. The zero-order chi connectivity index (χ0) is 16.9. The van der Waals surface area contributed by atoms with Gasteiger partial charge in [-0.3, -0.25) is 9.69 Å². The van der Waals surface area contributed by atoms with Crippen LogP contribution in [0.5, 0.6) is 0 Å². The first kappa shape index (κ1) is 16.0. The molecule has 2 atom stereocenters. The van der Waals surface area contributed by atoms with Crippen molar-refractivity contribution in [3.8, 4) is 0 Å². The van der Waals surface area contributed by atoms with Gasteiger partial charge in [0.15, 0.2) is 9.84 Å². The maximum absolute atomic E-state index is 13.4. The zero-order valence-corrected chi connectivity index (χ0v) is 14.2. The van der Waals surface area contributed by atoms with Crippen LogP contribution in [0.25, 0.3) is 0 Å². The van der Waals surface area contributed by atoms with Crippen LogP contribution in [-0.4, -0.2) is 60.8 Å². The van der Waals surface area contributed by atoms with Crippen molar-refractivity contribution in [3.63, 3.8) is 0 Å². The molecule has 0 unspecified atom stereocenters. The predicted octanol–water partition coefficient (Wildman–Crippen LogP) is 1.05. The van der Waals surface area contributed by atoms with Crippen LogP contribution in [0.2, 0.25) is 0 Å². The molecule has 2 saturated heterocycles. The minimum Gasteiger partial charge on any atom is -0.336 e. The van der Waals surface area contributed by atoms with Gasteiger partial charge in [-0.2, -0.15) is 0 Å². The number of halogens is 1. The number of rotatable bonds is 3. The second kappa shape index (κ2) is 5.81. The summed E-state index contributed by atoms with van der Waals surface area (Å²) in [5.41, 5.74) is 0.833. The molecule has 1 amide bonds. The van der Waals surface area contributed by atoms with E-state index in [1.807, 2.05) is 6.07 Å². The van der Waals surface area contributed by atoms with Gasteiger partial charge in [-0.15, -0.1) is 0 Å². The lowest BCUT2D eigenvalue weighted by Gasteiger charge is -2.44. The Hall–Kier alpha value is -1.47. The molecule has 0 aromatic heterocycles. The average molecular weight is 352 g/mol. The Morgan fingerprint density at radius 2 is 1.92 bits per heavy atom. The van der Waals surface area contributed by atoms with Crippen molar-refractivity contribution in [3.05, 3.63) is 35.6 Å². The number of fused-ring (bicyclic) bond motifs is 1. The Morgan fingerprint density at radius 3 is 2.62 bits per heavy atom. The molecule has 4 rings (SSSR count). The minimum atomic E-state index is -3.14. The standard InChI is InChI=1S/C17H21FN2O3S/c18-14-3-1-2-12(8-14)9-19-6-7-20(17(21)13-4-5-13)16-11-24(22,23)10-15(16)19/h1-3,8,13,15-16H,4-7,9-11H2/t15-,16+/m0/s1. The topological polar surface area (TPSA) is 57.7 Å². The van der Waals surface area contributed by atoms with E-state index in [0.717, 1.165) is 18.4 Å². The van der Waals surface area contributed by atoms with Crippen molar-refractivity contribution < 1.29 is 17.6 Å². The van der Waals surface area contributed by atoms with Gasteiger partial charge in [-0.05, 0) is 30.5 Å². The zero-order valence-electron chi connectivity index (χ0n) is 13.4. The van der Waals surface area contributed by atoms with Crippen molar-refractivity contribution in [1.29, 1.82) is 0 Å². The predicted molar refractivity (Wildman–Crippen MR) is 87.5 cm³/mol. The first-order chi connectivity index (χ1) is 11.4. The van der Waals surface area contributed by atoms with Crippen LogP contribution in [0.4, 0.5) is 4.39 Å². The van der Waals surface area contributed by atoms with E-state index in [4.69, 9.17) is 0 Å². The van der Waals surface area contributed by atoms with Gasteiger partial charge >= 0.3 is 0 Å². The molecular weight excluding hydrogens is 331 g/mol. The molecule has 24 heavy (non-hydrogen) atoms. The lowest BCUT2D eigenvalue weighted by molar-refractivity contribution is -0.138. The van der Waals surface area contributed by atoms with Crippen LogP contribution in [0.15, 0.2) is 24.3 Å². The third kappa shape index (κ3) is 3.07. The molecule has 5 nitrogen and oxygen atoms in total. The molecule has 0 bridgehead atoms. The van der Waals surface area contributed by atoms with Crippen LogP contribution in [0.1, 0.15) is 18.4 Å². The molecular formula is C17H21FN2O3S. The van der Waals surface area contributed by atoms with Crippen LogP contribution in [-0.2, 0) is 21.2 Å². The van der Waals surface area contributed by atoms with E-state index < -0.39 is 9.84 Å². The molecule has 7 heteroatoms. The van der Waals surface area contributed by atoms with Crippen molar-refractivity contribution in [2.45, 2.75) is 31.5 Å². The maximum atomic E-state index is 13.4. The number of piperazine rings is 1. The summed E-state index contributed by atoms with van der Waals surface area (Å²) in [4.78, 5) is 16.4. The quantitative estimate of drug-likeness (QED) is 0.816. The number of carbonyl (C=O) groups is 1. The molecule has 3 aliphatic rings. The molecule has 1 aromatic rings. The van der Waals surface area contributed by atoms with Gasteiger partial charge in [0.2, 0.25) is 5.91 Å². The van der Waals surface area contributed by atoms with Gasteiger partial charge in [0.05, 0.1) is 17.5 Å². The Kier molecular flexibility index (Phi) is 3.88. The van der Waals surface area contributed by atoms with Crippen molar-refractivity contribution in [2.75, 3.05) is 24.6 Å². The third-order valence-electron chi connectivity index (χ3n) is 5.28. The fourth-order valence-corrected chi connectivity index (χ4v) is 5.94. The molecule has 0 spiro atoms. The van der Waals surface area contributed by atoms with E-state index in [2.05, 4.69) is 4.90 Å². The summed E-state index contributed by atoms with van der Waals surface area (Å²) in [6.07, 6.45) is 1.85. The largest absolute Gasteiger partial charge is 0.336 e. The fourth-order valence-electron chi connectivity index (χ4n) is 3.93. The van der Waals surface area contributed by atoms with Crippen LogP contribution < -0.4 is 0 Å². The summed E-state index contributed by atoms with van der Waals surface area (Å²) in [5, 5.41) is 0. The highest BCUT2D eigenvalue weighted by molar-refractivity contribution is 7.91. The molecule has 3 fully saturated rings. The summed E-state index contributed by atoms with van der Waals surface area (Å²) in [6.45, 7) is 1.70. The number of hydrogen-bond donors (Lipinski definition) is 0. The average Bonchev–Trinajstić information content (AvgIpc) is 3.30. The molecule has 2 aliphatic heterocycles. The highest BCUT2D eigenvalue weighted by atomic mass is 32.2. The number of hydrogen-bond acceptors (Lipinski definition) is 4. The van der Waals surface area contributed by atoms with Gasteiger partial charge in [0.1, 0.15) is 5.82 Å². The Morgan fingerprint density at radius 1 is 1.17 bits per heavy atom. The Balaban J connectivity index is 1.56. The first-order valence-corrected chi connectivity index (χ1v) is 10.2. The van der Waals surface area contributed by atoms with Gasteiger partial charge in [-0.1, -0.05) is 12.1 Å². The summed E-state index contributed by atoms with van der Waals surface area (Å²) in [7, 11) is -3.14. The second-order valence-corrected chi connectivity index (χ2v) is 9.27. The molecule has 1 saturated carbocycles. The maximum Gasteiger partial charge on any atom is 0.226 e. The minimum absolute atomic E-state index is 0.0514. The number of carbonyl (C=O) groups excluding carboxylic acids is 1. The number of sulfone groups is 1. The highest BCUT2D eigenvalue weighted by Crippen LogP contribution is 2.35. The monoisotopic (exact) mass is 352 g/mol. The molecule has 0 N–H and O–H groups in total. The molecule has 1 aromatic carbocycles. The lowest BCUT2D eigenvalue weighted by Crippen LogP contribution is -2.60. The van der Waals surface area contributed by atoms with Gasteiger partial charge in [0, 0.05) is 31.6 Å². The van der Waals surface area contributed by atoms with Crippen LogP contribution >= 0.6 is 0 Å². The van der Waals surface area contributed by atoms with E-state index in [1.54, 1.807) is 11.0 Å². The number of amides is 1. The van der Waals surface area contributed by atoms with E-state index >= 15 is 0 Å². The second-order valence-electron chi connectivity index (χ2n) is 7.12. The third-order valence-corrected chi connectivity index (χ3v) is 6.97. The van der Waals surface area contributed by atoms with E-state index in [0.29, 0.717) is 19.6 Å². The Labute approximate surface area is 141 Å². The van der Waals surface area contributed by atoms with E-state index in [1.165, 1.54) is 12.1 Å². The Bertz CT molecular complexity index is 763. The summed E-state index contributed by atoms with van der Waals surface area (Å²) in [5.74, 6) is 0.0684. The molecule has 130 valence electrons. The van der Waals surface area contributed by atoms with E-state index in [-0.39, 0.29) is 41.2 Å². The van der Waals surface area contributed by atoms with Crippen molar-refractivity contribution in [2.24, 2.45) is 5.92 Å². The normalized spacial score (nSPS) is 29.5. The molecule has 1 aliphatic carbocycles. The SMILES string of the molecule is O=C(C1CC1)N1CCN(Cc2cccc(F)c2)[C@H]2CS(=O)(=O)C[C@H]21. The summed E-state index contributed by atoms with van der Waals surface area (Å²) < 4.78 is 37.8. The van der Waals surface area contributed by atoms with Gasteiger partial charge in [0.25, 0.3) is 0 Å². The van der Waals surface area contributed by atoms with Crippen molar-refractivity contribution in [1.82, 2.24) is 9.80 Å². The summed E-state index contributed by atoms with van der Waals surface area (Å²) >= 11 is 0. The number of benzene rings is 1. The van der Waals surface area contributed by atoms with Crippen LogP contribution in [0, 0.1) is 11.7 Å². The fraction of sp³-hybridized carbons (Fsp3) is 0.588. The first-order valence-electron chi connectivity index (χ1n) is 8.42. The highest BCUT2D eigenvalue weighted by Gasteiger charge is 2.49. The molecule has 0 radical (unpaired) electrons.